The summed E-state index contributed by atoms with van der Waals surface area (Å²) < 4.78 is 11.9. The van der Waals surface area contributed by atoms with Gasteiger partial charge in [-0.3, -0.25) is 4.79 Å². The number of anilines is 2. The Morgan fingerprint density at radius 3 is 2.54 bits per heavy atom. The van der Waals surface area contributed by atoms with Gasteiger partial charge in [0.25, 0.3) is 5.91 Å². The Labute approximate surface area is 212 Å². The fourth-order valence-corrected chi connectivity index (χ4v) is 4.07. The first-order valence-electron chi connectivity index (χ1n) is 11.5. The summed E-state index contributed by atoms with van der Waals surface area (Å²) in [5, 5.41) is 16.3. The highest BCUT2D eigenvalue weighted by Gasteiger charge is 2.27. The summed E-state index contributed by atoms with van der Waals surface area (Å²) in [5.41, 5.74) is 3.91. The Kier molecular flexibility index (Phi) is 6.58. The van der Waals surface area contributed by atoms with Gasteiger partial charge in [0, 0.05) is 18.5 Å². The van der Waals surface area contributed by atoms with Crippen LogP contribution in [0.3, 0.4) is 0 Å². The number of furan rings is 1. The van der Waals surface area contributed by atoms with Crippen LogP contribution in [-0.4, -0.2) is 33.6 Å². The van der Waals surface area contributed by atoms with E-state index in [1.165, 1.54) is 19.6 Å². The highest BCUT2D eigenvalue weighted by atomic mass is 16.5. The average Bonchev–Trinajstić information content (AvgIpc) is 3.56. The molecule has 0 saturated heterocycles. The van der Waals surface area contributed by atoms with Crippen molar-refractivity contribution in [2.45, 2.75) is 13.1 Å². The fourth-order valence-electron chi connectivity index (χ4n) is 4.07. The number of nitrogens with one attached hydrogen (secondary N) is 2. The zero-order valence-electron chi connectivity index (χ0n) is 20.0. The number of rotatable bonds is 8. The van der Waals surface area contributed by atoms with Crippen LogP contribution in [0.15, 0.2) is 89.9 Å². The maximum atomic E-state index is 13.0. The van der Waals surface area contributed by atoms with Crippen LogP contribution in [0, 0.1) is 0 Å². The van der Waals surface area contributed by atoms with Crippen LogP contribution in [0.4, 0.5) is 11.4 Å². The van der Waals surface area contributed by atoms with Crippen molar-refractivity contribution in [2.75, 3.05) is 17.7 Å². The third-order valence-electron chi connectivity index (χ3n) is 5.92. The van der Waals surface area contributed by atoms with E-state index in [1.807, 2.05) is 48.5 Å². The molecule has 3 N–H and O–H groups in total. The van der Waals surface area contributed by atoms with Gasteiger partial charge in [0.2, 0.25) is 0 Å². The molecule has 5 aromatic rings. The lowest BCUT2D eigenvalue weighted by atomic mass is 10.2. The second kappa shape index (κ2) is 10.3. The molecule has 0 aliphatic carbocycles. The van der Waals surface area contributed by atoms with Crippen molar-refractivity contribution >= 4 is 34.3 Å². The normalized spacial score (nSPS) is 10.8. The van der Waals surface area contributed by atoms with Gasteiger partial charge in [-0.05, 0) is 35.4 Å². The van der Waals surface area contributed by atoms with Crippen molar-refractivity contribution < 1.29 is 23.8 Å². The van der Waals surface area contributed by atoms with Gasteiger partial charge < -0.3 is 29.5 Å². The molecule has 186 valence electrons. The van der Waals surface area contributed by atoms with Gasteiger partial charge in [0.15, 0.2) is 5.69 Å². The number of amides is 1. The van der Waals surface area contributed by atoms with E-state index in [1.54, 1.807) is 29.0 Å². The zero-order chi connectivity index (χ0) is 25.8. The molecule has 3 heterocycles. The van der Waals surface area contributed by atoms with E-state index in [0.717, 1.165) is 11.1 Å². The molecule has 0 aliphatic heterocycles. The summed E-state index contributed by atoms with van der Waals surface area (Å²) in [5.74, 6) is -0.838. The van der Waals surface area contributed by atoms with E-state index in [4.69, 9.17) is 9.15 Å². The van der Waals surface area contributed by atoms with E-state index in [2.05, 4.69) is 15.6 Å². The molecule has 0 atom stereocenters. The van der Waals surface area contributed by atoms with Gasteiger partial charge in [-0.15, -0.1) is 0 Å². The molecule has 0 radical (unpaired) electrons. The van der Waals surface area contributed by atoms with Gasteiger partial charge in [0.1, 0.15) is 17.7 Å². The van der Waals surface area contributed by atoms with Gasteiger partial charge in [-0.1, -0.05) is 42.5 Å². The Balaban J connectivity index is 1.59. The lowest BCUT2D eigenvalue weighted by molar-refractivity contribution is 0.0591. The van der Waals surface area contributed by atoms with E-state index in [-0.39, 0.29) is 11.4 Å². The molecule has 2 aromatic carbocycles. The first kappa shape index (κ1) is 23.7. The number of phenolic OH excluding ortho intramolecular Hbond substituents is 1. The van der Waals surface area contributed by atoms with Gasteiger partial charge in [-0.2, -0.15) is 0 Å². The number of aromatic hydroxyl groups is 1. The van der Waals surface area contributed by atoms with Gasteiger partial charge in [-0.25, -0.2) is 9.78 Å². The SMILES string of the molecule is COC(=O)c1c(NC(=O)c2ccoc2)c2cc(NCc3ccc(O)cc3)cnc2n1Cc1ccccc1. The predicted molar refractivity (Wildman–Crippen MR) is 139 cm³/mol. The number of methoxy groups -OCH3 is 1. The number of ether oxygens (including phenoxy) is 1. The Hall–Kier alpha value is -5.05. The molecule has 0 saturated carbocycles. The number of hydrogen-bond donors (Lipinski definition) is 3. The van der Waals surface area contributed by atoms with Gasteiger partial charge >= 0.3 is 5.97 Å². The van der Waals surface area contributed by atoms with Crippen LogP contribution in [0.2, 0.25) is 0 Å². The van der Waals surface area contributed by atoms with Gasteiger partial charge in [0.05, 0.1) is 36.5 Å². The standard InChI is InChI=1S/C28H24N4O5/c1-36-28(35)25-24(31-27(34)20-11-12-37-17-20)23-13-21(29-14-18-7-9-22(33)10-8-18)15-30-26(23)32(25)16-19-5-3-2-4-6-19/h2-13,15,17,29,33H,14,16H2,1H3,(H,31,34). The monoisotopic (exact) mass is 496 g/mol. The third kappa shape index (κ3) is 5.01. The second-order valence-corrected chi connectivity index (χ2v) is 8.37. The lowest BCUT2D eigenvalue weighted by Gasteiger charge is -2.11. The van der Waals surface area contributed by atoms with Crippen molar-refractivity contribution in [3.63, 3.8) is 0 Å². The highest BCUT2D eigenvalue weighted by molar-refractivity contribution is 6.14. The minimum atomic E-state index is -0.602. The Morgan fingerprint density at radius 1 is 1.05 bits per heavy atom. The molecule has 0 fully saturated rings. The van der Waals surface area contributed by atoms with E-state index in [0.29, 0.717) is 41.1 Å². The van der Waals surface area contributed by atoms with Crippen LogP contribution < -0.4 is 10.6 Å². The molecule has 3 aromatic heterocycles. The predicted octanol–water partition coefficient (Wildman–Crippen LogP) is 5.03. The minimum Gasteiger partial charge on any atom is -0.508 e. The smallest absolute Gasteiger partial charge is 0.356 e. The molecule has 37 heavy (non-hydrogen) atoms. The summed E-state index contributed by atoms with van der Waals surface area (Å²) in [6.07, 6.45) is 4.41. The van der Waals surface area contributed by atoms with Crippen LogP contribution in [-0.2, 0) is 17.8 Å². The number of hydrogen-bond acceptors (Lipinski definition) is 7. The number of esters is 1. The van der Waals surface area contributed by atoms with Crippen LogP contribution in [0.5, 0.6) is 5.75 Å². The van der Waals surface area contributed by atoms with E-state index < -0.39 is 11.9 Å². The number of fused-ring (bicyclic) bond motifs is 1. The Morgan fingerprint density at radius 2 is 1.84 bits per heavy atom. The van der Waals surface area contributed by atoms with Crippen molar-refractivity contribution in [3.05, 3.63) is 108 Å². The molecule has 9 nitrogen and oxygen atoms in total. The van der Waals surface area contributed by atoms with Crippen molar-refractivity contribution in [3.8, 4) is 5.75 Å². The molecule has 0 unspecified atom stereocenters. The molecular formula is C28H24N4O5. The van der Waals surface area contributed by atoms with Crippen LogP contribution in [0.25, 0.3) is 11.0 Å². The number of pyridine rings is 1. The van der Waals surface area contributed by atoms with Crippen molar-refractivity contribution in [1.82, 2.24) is 9.55 Å². The summed E-state index contributed by atoms with van der Waals surface area (Å²) in [7, 11) is 1.30. The maximum Gasteiger partial charge on any atom is 0.356 e. The Bertz CT molecular complexity index is 1540. The number of phenols is 1. The number of carbonyl (C=O) groups excluding carboxylic acids is 2. The van der Waals surface area contributed by atoms with E-state index in [9.17, 15) is 14.7 Å². The second-order valence-electron chi connectivity index (χ2n) is 8.37. The fraction of sp³-hybridized carbons (Fsp3) is 0.107. The molecule has 0 aliphatic rings. The third-order valence-corrected chi connectivity index (χ3v) is 5.92. The minimum absolute atomic E-state index is 0.182. The number of carbonyl (C=O) groups is 2. The largest absolute Gasteiger partial charge is 0.508 e. The first-order valence-corrected chi connectivity index (χ1v) is 11.5. The maximum absolute atomic E-state index is 13.0. The van der Waals surface area contributed by atoms with Crippen LogP contribution in [0.1, 0.15) is 32.0 Å². The van der Waals surface area contributed by atoms with Crippen molar-refractivity contribution in [1.29, 1.82) is 0 Å². The highest BCUT2D eigenvalue weighted by Crippen LogP contribution is 2.34. The first-order chi connectivity index (χ1) is 18.0. The summed E-state index contributed by atoms with van der Waals surface area (Å²) in [6.45, 7) is 0.829. The molecule has 0 spiro atoms. The summed E-state index contributed by atoms with van der Waals surface area (Å²) >= 11 is 0. The average molecular weight is 497 g/mol. The molecule has 1 amide bonds. The van der Waals surface area contributed by atoms with Crippen LogP contribution >= 0.6 is 0 Å². The number of aromatic nitrogens is 2. The molecule has 5 rings (SSSR count). The molecule has 0 bridgehead atoms. The topological polar surface area (TPSA) is 119 Å². The lowest BCUT2D eigenvalue weighted by Crippen LogP contribution is -2.17. The summed E-state index contributed by atoms with van der Waals surface area (Å²) in [6, 6.07) is 19.9. The molecule has 9 heteroatoms. The number of nitrogens with zero attached hydrogens (tertiary/aromatic N) is 2. The quantitative estimate of drug-likeness (QED) is 0.258. The van der Waals surface area contributed by atoms with Crippen molar-refractivity contribution in [2.24, 2.45) is 0 Å². The zero-order valence-corrected chi connectivity index (χ0v) is 20.0. The van der Waals surface area contributed by atoms with E-state index >= 15 is 0 Å². The summed E-state index contributed by atoms with van der Waals surface area (Å²) in [4.78, 5) is 30.7. The molecular weight excluding hydrogens is 472 g/mol. The number of benzene rings is 2.